The van der Waals surface area contributed by atoms with E-state index in [1.165, 1.54) is 36.8 Å². The Morgan fingerprint density at radius 1 is 1.09 bits per heavy atom. The van der Waals surface area contributed by atoms with Crippen molar-refractivity contribution in [1.29, 1.82) is 0 Å². The molecule has 1 aromatic heterocycles. The summed E-state index contributed by atoms with van der Waals surface area (Å²) < 4.78 is 5.13. The molecule has 0 fully saturated rings. The Bertz CT molecular complexity index is 1300. The molecule has 0 spiro atoms. The number of nitro groups is 1. The van der Waals surface area contributed by atoms with E-state index in [1.54, 1.807) is 42.5 Å². The van der Waals surface area contributed by atoms with Gasteiger partial charge in [0.1, 0.15) is 0 Å². The number of halogens is 1. The molecule has 4 aromatic rings. The van der Waals surface area contributed by atoms with E-state index >= 15 is 0 Å². The van der Waals surface area contributed by atoms with E-state index in [2.05, 4.69) is 9.98 Å². The summed E-state index contributed by atoms with van der Waals surface area (Å²) in [5, 5.41) is 22.3. The minimum Gasteiger partial charge on any atom is -0.504 e. The lowest BCUT2D eigenvalue weighted by Gasteiger charge is -2.04. The van der Waals surface area contributed by atoms with Crippen molar-refractivity contribution >= 4 is 40.0 Å². The Kier molecular flexibility index (Phi) is 6.16. The maximum absolute atomic E-state index is 11.0. The molecule has 0 bridgehead atoms. The molecule has 0 amide bonds. The van der Waals surface area contributed by atoms with Crippen molar-refractivity contribution < 1.29 is 14.8 Å². The van der Waals surface area contributed by atoms with E-state index in [4.69, 9.17) is 16.3 Å². The molecule has 0 aliphatic rings. The number of methoxy groups -OCH3 is 1. The van der Waals surface area contributed by atoms with Crippen LogP contribution in [0.25, 0.3) is 21.7 Å². The van der Waals surface area contributed by atoms with Gasteiger partial charge in [0.05, 0.1) is 22.6 Å². The van der Waals surface area contributed by atoms with Gasteiger partial charge in [-0.05, 0) is 42.0 Å². The average molecular weight is 466 g/mol. The Hall–Kier alpha value is -3.75. The van der Waals surface area contributed by atoms with Crippen LogP contribution in [-0.4, -0.2) is 28.3 Å². The molecule has 0 unspecified atom stereocenters. The summed E-state index contributed by atoms with van der Waals surface area (Å²) >= 11 is 7.36. The number of thiazole rings is 1. The monoisotopic (exact) mass is 465 g/mol. The maximum Gasteiger partial charge on any atom is 0.269 e. The second kappa shape index (κ2) is 9.17. The predicted octanol–water partition coefficient (Wildman–Crippen LogP) is 6.50. The van der Waals surface area contributed by atoms with Gasteiger partial charge in [-0.25, -0.2) is 9.98 Å². The van der Waals surface area contributed by atoms with Gasteiger partial charge >= 0.3 is 0 Å². The highest BCUT2D eigenvalue weighted by Crippen LogP contribution is 2.41. The van der Waals surface area contributed by atoms with Crippen LogP contribution in [-0.2, 0) is 0 Å². The number of phenolic OH excluding ortho intramolecular Hbond substituents is 1. The van der Waals surface area contributed by atoms with Gasteiger partial charge < -0.3 is 9.84 Å². The molecule has 3 aromatic carbocycles. The minimum absolute atomic E-state index is 0.0103. The molecule has 32 heavy (non-hydrogen) atoms. The molecule has 9 heteroatoms. The van der Waals surface area contributed by atoms with E-state index in [0.717, 1.165) is 16.0 Å². The first kappa shape index (κ1) is 21.5. The molecule has 160 valence electrons. The molecule has 0 radical (unpaired) electrons. The first-order valence-electron chi connectivity index (χ1n) is 9.38. The number of ether oxygens (including phenoxy) is 1. The molecule has 0 saturated heterocycles. The first-order chi connectivity index (χ1) is 15.5. The fraction of sp³-hybridized carbons (Fsp3) is 0.0435. The van der Waals surface area contributed by atoms with Crippen molar-refractivity contribution in [3.63, 3.8) is 0 Å². The lowest BCUT2D eigenvalue weighted by Crippen LogP contribution is -1.88. The minimum atomic E-state index is -0.438. The number of aliphatic imine (C=N–C) groups is 1. The molecular formula is C23H16ClN3O4S. The highest BCUT2D eigenvalue weighted by molar-refractivity contribution is 7.19. The van der Waals surface area contributed by atoms with Crippen LogP contribution in [0, 0.1) is 10.1 Å². The van der Waals surface area contributed by atoms with Crippen LogP contribution >= 0.6 is 22.9 Å². The SMILES string of the molecule is COc1cccc(/C=N\c2nc(-c3ccc(Cl)cc3)c(-c3ccc([N+](=O)[O-])cc3)s2)c1O. The number of nitrogens with zero attached hydrogens (tertiary/aromatic N) is 3. The zero-order valence-corrected chi connectivity index (χ0v) is 18.3. The van der Waals surface area contributed by atoms with Gasteiger partial charge in [0.2, 0.25) is 5.13 Å². The van der Waals surface area contributed by atoms with Crippen LogP contribution < -0.4 is 4.74 Å². The van der Waals surface area contributed by atoms with Crippen LogP contribution in [0.2, 0.25) is 5.02 Å². The number of nitro benzene ring substituents is 1. The van der Waals surface area contributed by atoms with Crippen LogP contribution in [0.4, 0.5) is 10.8 Å². The molecule has 4 rings (SSSR count). The summed E-state index contributed by atoms with van der Waals surface area (Å²) in [6.07, 6.45) is 1.52. The topological polar surface area (TPSA) is 97.9 Å². The third kappa shape index (κ3) is 4.46. The number of rotatable bonds is 6. The van der Waals surface area contributed by atoms with Crippen molar-refractivity contribution in [2.45, 2.75) is 0 Å². The van der Waals surface area contributed by atoms with E-state index in [0.29, 0.717) is 27.2 Å². The van der Waals surface area contributed by atoms with E-state index < -0.39 is 4.92 Å². The van der Waals surface area contributed by atoms with Crippen molar-refractivity contribution in [2.24, 2.45) is 4.99 Å². The fourth-order valence-electron chi connectivity index (χ4n) is 3.03. The Labute approximate surface area is 192 Å². The van der Waals surface area contributed by atoms with Gasteiger partial charge in [-0.3, -0.25) is 10.1 Å². The number of non-ortho nitro benzene ring substituents is 1. The van der Waals surface area contributed by atoms with Gasteiger partial charge in [0.25, 0.3) is 5.69 Å². The second-order valence-electron chi connectivity index (χ2n) is 6.64. The second-order valence-corrected chi connectivity index (χ2v) is 8.06. The number of hydrogen-bond donors (Lipinski definition) is 1. The largest absolute Gasteiger partial charge is 0.504 e. The molecule has 0 atom stereocenters. The van der Waals surface area contributed by atoms with Crippen molar-refractivity contribution in [3.05, 3.63) is 87.4 Å². The zero-order chi connectivity index (χ0) is 22.7. The molecule has 0 saturated carbocycles. The molecule has 0 aliphatic carbocycles. The quantitative estimate of drug-likeness (QED) is 0.199. The third-order valence-electron chi connectivity index (χ3n) is 4.64. The molecular weight excluding hydrogens is 450 g/mol. The summed E-state index contributed by atoms with van der Waals surface area (Å²) in [4.78, 5) is 20.5. The Morgan fingerprint density at radius 2 is 1.78 bits per heavy atom. The molecule has 1 heterocycles. The third-order valence-corrected chi connectivity index (χ3v) is 5.90. The highest BCUT2D eigenvalue weighted by atomic mass is 35.5. The highest BCUT2D eigenvalue weighted by Gasteiger charge is 2.16. The number of para-hydroxylation sites is 1. The Balaban J connectivity index is 1.77. The molecule has 1 N–H and O–H groups in total. The first-order valence-corrected chi connectivity index (χ1v) is 10.6. The fourth-order valence-corrected chi connectivity index (χ4v) is 4.10. The lowest BCUT2D eigenvalue weighted by atomic mass is 10.1. The van der Waals surface area contributed by atoms with Crippen molar-refractivity contribution in [1.82, 2.24) is 4.98 Å². The summed E-state index contributed by atoms with van der Waals surface area (Å²) in [6.45, 7) is 0. The maximum atomic E-state index is 11.0. The van der Waals surface area contributed by atoms with Crippen molar-refractivity contribution in [2.75, 3.05) is 7.11 Å². The average Bonchev–Trinajstić information content (AvgIpc) is 3.23. The van der Waals surface area contributed by atoms with Crippen molar-refractivity contribution in [3.8, 4) is 33.2 Å². The van der Waals surface area contributed by atoms with Crippen LogP contribution in [0.5, 0.6) is 11.5 Å². The number of phenols is 1. The zero-order valence-electron chi connectivity index (χ0n) is 16.7. The van der Waals surface area contributed by atoms with E-state index in [-0.39, 0.29) is 11.4 Å². The molecule has 7 nitrogen and oxygen atoms in total. The summed E-state index contributed by atoms with van der Waals surface area (Å²) in [7, 11) is 1.48. The Morgan fingerprint density at radius 3 is 2.44 bits per heavy atom. The standard InChI is InChI=1S/C23H16ClN3O4S/c1-31-19-4-2-3-16(21(19)28)13-25-23-26-20(14-5-9-17(24)10-6-14)22(32-23)15-7-11-18(12-8-15)27(29)30/h2-13,28H,1H3/b25-13-. The summed E-state index contributed by atoms with van der Waals surface area (Å²) in [5.74, 6) is 0.338. The van der Waals surface area contributed by atoms with Gasteiger partial charge in [-0.15, -0.1) is 0 Å². The number of benzene rings is 3. The summed E-state index contributed by atoms with van der Waals surface area (Å²) in [5.41, 5.74) is 2.80. The van der Waals surface area contributed by atoms with Gasteiger partial charge in [0.15, 0.2) is 11.5 Å². The van der Waals surface area contributed by atoms with E-state index in [9.17, 15) is 15.2 Å². The van der Waals surface area contributed by atoms with E-state index in [1.807, 2.05) is 12.1 Å². The van der Waals surface area contributed by atoms with Gasteiger partial charge in [-0.2, -0.15) is 0 Å². The van der Waals surface area contributed by atoms with Crippen LogP contribution in [0.1, 0.15) is 5.56 Å². The number of aromatic nitrogens is 1. The van der Waals surface area contributed by atoms with Crippen LogP contribution in [0.3, 0.4) is 0 Å². The smallest absolute Gasteiger partial charge is 0.269 e. The predicted molar refractivity (Wildman–Crippen MR) is 127 cm³/mol. The van der Waals surface area contributed by atoms with Gasteiger partial charge in [-0.1, -0.05) is 41.1 Å². The lowest BCUT2D eigenvalue weighted by molar-refractivity contribution is -0.384. The number of hydrogen-bond acceptors (Lipinski definition) is 7. The number of aromatic hydroxyl groups is 1. The van der Waals surface area contributed by atoms with Crippen LogP contribution in [0.15, 0.2) is 71.7 Å². The normalized spacial score (nSPS) is 11.1. The molecule has 0 aliphatic heterocycles. The summed E-state index contributed by atoms with van der Waals surface area (Å²) in [6, 6.07) is 18.7. The van der Waals surface area contributed by atoms with Gasteiger partial charge in [0, 0.05) is 34.5 Å².